The van der Waals surface area contributed by atoms with Gasteiger partial charge in [-0.3, -0.25) is 4.79 Å². The highest BCUT2D eigenvalue weighted by Gasteiger charge is 2.35. The van der Waals surface area contributed by atoms with Gasteiger partial charge in [-0.15, -0.1) is 0 Å². The molecular weight excluding hydrogens is 118 g/mol. The van der Waals surface area contributed by atoms with Crippen molar-refractivity contribution in [2.24, 2.45) is 0 Å². The lowest BCUT2D eigenvalue weighted by atomic mass is 10.1. The highest BCUT2D eigenvalue weighted by atomic mass is 16.5. The molecule has 2 aliphatic rings. The van der Waals surface area contributed by atoms with E-state index in [1.165, 1.54) is 0 Å². The van der Waals surface area contributed by atoms with Crippen LogP contribution in [0.25, 0.3) is 0 Å². The van der Waals surface area contributed by atoms with E-state index in [1.807, 2.05) is 0 Å². The maximum absolute atomic E-state index is 10.8. The molecule has 3 heteroatoms. The van der Waals surface area contributed by atoms with Gasteiger partial charge in [-0.2, -0.15) is 0 Å². The molecule has 2 aliphatic heterocycles. The van der Waals surface area contributed by atoms with Gasteiger partial charge in [0.25, 0.3) is 0 Å². The van der Waals surface area contributed by atoms with Crippen LogP contribution in [0.15, 0.2) is 0 Å². The van der Waals surface area contributed by atoms with Gasteiger partial charge in [0, 0.05) is 19.1 Å². The summed E-state index contributed by atoms with van der Waals surface area (Å²) in [5.74, 6) is 0.0810. The fraction of sp³-hybridized carbons (Fsp3) is 0.833. The summed E-state index contributed by atoms with van der Waals surface area (Å²) in [6.07, 6.45) is 1.75. The minimum atomic E-state index is -0.122. The van der Waals surface area contributed by atoms with E-state index in [9.17, 15) is 4.79 Å². The molecule has 1 N–H and O–H groups in total. The standard InChI is InChI=1S/C6H9NO2/c8-6-5-3-4(7-6)1-2-9-5/h4-5H,1-3H2,(H,7,8). The molecule has 2 saturated heterocycles. The zero-order chi connectivity index (χ0) is 6.27. The number of rotatable bonds is 0. The molecule has 0 radical (unpaired) electrons. The normalized spacial score (nSPS) is 40.7. The Kier molecular flexibility index (Phi) is 0.990. The van der Waals surface area contributed by atoms with Gasteiger partial charge >= 0.3 is 0 Å². The van der Waals surface area contributed by atoms with E-state index in [0.29, 0.717) is 6.04 Å². The molecule has 2 bridgehead atoms. The average Bonchev–Trinajstić information content (AvgIpc) is 2.09. The Hall–Kier alpha value is -0.570. The summed E-state index contributed by atoms with van der Waals surface area (Å²) in [5.41, 5.74) is 0. The van der Waals surface area contributed by atoms with Gasteiger partial charge in [-0.05, 0) is 6.42 Å². The molecular formula is C6H9NO2. The number of ether oxygens (including phenoxy) is 1. The largest absolute Gasteiger partial charge is 0.368 e. The lowest BCUT2D eigenvalue weighted by Gasteiger charge is -2.15. The van der Waals surface area contributed by atoms with Crippen LogP contribution in [0.1, 0.15) is 12.8 Å². The number of hydrogen-bond acceptors (Lipinski definition) is 2. The van der Waals surface area contributed by atoms with Crippen LogP contribution in [-0.2, 0) is 9.53 Å². The van der Waals surface area contributed by atoms with E-state index >= 15 is 0 Å². The molecule has 2 fully saturated rings. The van der Waals surface area contributed by atoms with Crippen molar-refractivity contribution in [3.8, 4) is 0 Å². The number of carbonyl (C=O) groups is 1. The molecule has 0 aliphatic carbocycles. The Labute approximate surface area is 53.4 Å². The van der Waals surface area contributed by atoms with Crippen molar-refractivity contribution >= 4 is 5.91 Å². The first-order valence-electron chi connectivity index (χ1n) is 3.28. The van der Waals surface area contributed by atoms with Crippen LogP contribution in [0.5, 0.6) is 0 Å². The fourth-order valence-corrected chi connectivity index (χ4v) is 1.40. The molecule has 0 aromatic carbocycles. The molecule has 0 saturated carbocycles. The van der Waals surface area contributed by atoms with Gasteiger partial charge in [0.05, 0.1) is 0 Å². The van der Waals surface area contributed by atoms with Crippen molar-refractivity contribution < 1.29 is 9.53 Å². The molecule has 2 atom stereocenters. The Morgan fingerprint density at radius 3 is 3.22 bits per heavy atom. The van der Waals surface area contributed by atoms with Crippen molar-refractivity contribution in [3.05, 3.63) is 0 Å². The van der Waals surface area contributed by atoms with Gasteiger partial charge in [0.2, 0.25) is 5.91 Å². The second-order valence-corrected chi connectivity index (χ2v) is 2.59. The van der Waals surface area contributed by atoms with Gasteiger partial charge in [-0.25, -0.2) is 0 Å². The molecule has 2 unspecified atom stereocenters. The zero-order valence-electron chi connectivity index (χ0n) is 5.09. The molecule has 3 nitrogen and oxygen atoms in total. The van der Waals surface area contributed by atoms with Crippen molar-refractivity contribution in [3.63, 3.8) is 0 Å². The Morgan fingerprint density at radius 2 is 2.56 bits per heavy atom. The average molecular weight is 127 g/mol. The van der Waals surface area contributed by atoms with Crippen LogP contribution < -0.4 is 5.32 Å². The maximum Gasteiger partial charge on any atom is 0.249 e. The quantitative estimate of drug-likeness (QED) is 0.483. The maximum atomic E-state index is 10.8. The van der Waals surface area contributed by atoms with Crippen LogP contribution in [0.4, 0.5) is 0 Å². The SMILES string of the molecule is O=C1NC2CCOC1C2. The van der Waals surface area contributed by atoms with Crippen LogP contribution in [0, 0.1) is 0 Å². The van der Waals surface area contributed by atoms with Gasteiger partial charge in [0.1, 0.15) is 6.10 Å². The minimum absolute atomic E-state index is 0.0810. The first-order valence-corrected chi connectivity index (χ1v) is 3.28. The molecule has 2 rings (SSSR count). The van der Waals surface area contributed by atoms with Crippen molar-refractivity contribution in [1.82, 2.24) is 5.32 Å². The van der Waals surface area contributed by atoms with E-state index in [4.69, 9.17) is 4.74 Å². The third kappa shape index (κ3) is 0.721. The first-order chi connectivity index (χ1) is 4.36. The number of nitrogens with one attached hydrogen (secondary N) is 1. The summed E-state index contributed by atoms with van der Waals surface area (Å²) >= 11 is 0. The third-order valence-corrected chi connectivity index (χ3v) is 1.92. The van der Waals surface area contributed by atoms with E-state index in [-0.39, 0.29) is 12.0 Å². The van der Waals surface area contributed by atoms with Crippen LogP contribution in [-0.4, -0.2) is 24.7 Å². The smallest absolute Gasteiger partial charge is 0.249 e. The minimum Gasteiger partial charge on any atom is -0.368 e. The molecule has 2 heterocycles. The Morgan fingerprint density at radius 1 is 1.67 bits per heavy atom. The summed E-state index contributed by atoms with van der Waals surface area (Å²) < 4.78 is 5.17. The van der Waals surface area contributed by atoms with Crippen molar-refractivity contribution in [2.75, 3.05) is 6.61 Å². The summed E-state index contributed by atoms with van der Waals surface area (Å²) in [4.78, 5) is 10.8. The third-order valence-electron chi connectivity index (χ3n) is 1.92. The van der Waals surface area contributed by atoms with E-state index in [0.717, 1.165) is 19.4 Å². The monoisotopic (exact) mass is 127 g/mol. The van der Waals surface area contributed by atoms with E-state index < -0.39 is 0 Å². The highest BCUT2D eigenvalue weighted by molar-refractivity contribution is 5.83. The van der Waals surface area contributed by atoms with E-state index in [2.05, 4.69) is 5.32 Å². The number of fused-ring (bicyclic) bond motifs is 2. The second-order valence-electron chi connectivity index (χ2n) is 2.59. The molecule has 0 aromatic rings. The lowest BCUT2D eigenvalue weighted by Crippen LogP contribution is -2.24. The van der Waals surface area contributed by atoms with Gasteiger partial charge in [0.15, 0.2) is 0 Å². The van der Waals surface area contributed by atoms with Gasteiger partial charge in [-0.1, -0.05) is 0 Å². The first kappa shape index (κ1) is 5.23. The van der Waals surface area contributed by atoms with E-state index in [1.54, 1.807) is 0 Å². The second kappa shape index (κ2) is 1.70. The summed E-state index contributed by atoms with van der Waals surface area (Å²) in [6.45, 7) is 0.744. The zero-order valence-corrected chi connectivity index (χ0v) is 5.09. The molecule has 9 heavy (non-hydrogen) atoms. The van der Waals surface area contributed by atoms with Crippen LogP contribution >= 0.6 is 0 Å². The summed E-state index contributed by atoms with van der Waals surface area (Å²) in [5, 5.41) is 2.85. The topological polar surface area (TPSA) is 38.3 Å². The highest BCUT2D eigenvalue weighted by Crippen LogP contribution is 2.19. The number of carbonyl (C=O) groups excluding carboxylic acids is 1. The molecule has 0 spiro atoms. The number of amides is 1. The Bertz CT molecular complexity index is 146. The van der Waals surface area contributed by atoms with Crippen molar-refractivity contribution in [2.45, 2.75) is 25.0 Å². The molecule has 50 valence electrons. The fourth-order valence-electron chi connectivity index (χ4n) is 1.40. The van der Waals surface area contributed by atoms with Crippen LogP contribution in [0.2, 0.25) is 0 Å². The molecule has 0 aromatic heterocycles. The predicted octanol–water partition coefficient (Wildman–Crippen LogP) is -0.336. The van der Waals surface area contributed by atoms with Gasteiger partial charge < -0.3 is 10.1 Å². The number of hydrogen-bond donors (Lipinski definition) is 1. The predicted molar refractivity (Wildman–Crippen MR) is 30.9 cm³/mol. The van der Waals surface area contributed by atoms with Crippen molar-refractivity contribution in [1.29, 1.82) is 0 Å². The van der Waals surface area contributed by atoms with Crippen LogP contribution in [0.3, 0.4) is 0 Å². The Balaban J connectivity index is 2.15. The summed E-state index contributed by atoms with van der Waals surface area (Å²) in [6, 6.07) is 0.413. The summed E-state index contributed by atoms with van der Waals surface area (Å²) in [7, 11) is 0. The lowest BCUT2D eigenvalue weighted by molar-refractivity contribution is -0.128. The molecule has 1 amide bonds.